The van der Waals surface area contributed by atoms with Crippen LogP contribution >= 0.6 is 0 Å². The lowest BCUT2D eigenvalue weighted by Crippen LogP contribution is -2.26. The van der Waals surface area contributed by atoms with E-state index in [0.717, 1.165) is 12.1 Å². The van der Waals surface area contributed by atoms with Gasteiger partial charge in [0.2, 0.25) is 5.62 Å². The van der Waals surface area contributed by atoms with E-state index in [1.165, 1.54) is 24.3 Å². The van der Waals surface area contributed by atoms with Gasteiger partial charge in [0.05, 0.1) is 16.8 Å². The van der Waals surface area contributed by atoms with Gasteiger partial charge in [-0.2, -0.15) is 0 Å². The summed E-state index contributed by atoms with van der Waals surface area (Å²) in [5.74, 6) is -1.49. The lowest BCUT2D eigenvalue weighted by molar-refractivity contribution is -0.274. The monoisotopic (exact) mass is 493 g/mol. The highest BCUT2D eigenvalue weighted by Crippen LogP contribution is 2.24. The lowest BCUT2D eigenvalue weighted by Gasteiger charge is -2.09. The molecule has 0 amide bonds. The zero-order chi connectivity index (χ0) is 24.5. The van der Waals surface area contributed by atoms with Gasteiger partial charge < -0.3 is 9.30 Å². The normalized spacial score (nSPS) is 12.9. The predicted octanol–water partition coefficient (Wildman–Crippen LogP) is 4.92. The van der Waals surface area contributed by atoms with Crippen LogP contribution in [0.3, 0.4) is 0 Å². The van der Waals surface area contributed by atoms with E-state index in [1.54, 1.807) is 45.5 Å². The molecule has 1 aromatic heterocycles. The average molecular weight is 493 g/mol. The first-order valence-corrected chi connectivity index (χ1v) is 11.8. The number of fused-ring (bicyclic) bond motifs is 1. The van der Waals surface area contributed by atoms with Gasteiger partial charge >= 0.3 is 6.36 Å². The molecule has 0 saturated heterocycles. The van der Waals surface area contributed by atoms with Crippen molar-refractivity contribution < 1.29 is 30.7 Å². The zero-order valence-electron chi connectivity index (χ0n) is 17.8. The number of ether oxygens (including phenoxy) is 1. The Morgan fingerprint density at radius 2 is 1.62 bits per heavy atom. The first kappa shape index (κ1) is 23.6. The van der Waals surface area contributed by atoms with Crippen molar-refractivity contribution in [2.24, 2.45) is 4.40 Å². The van der Waals surface area contributed by atoms with Crippen LogP contribution in [0.1, 0.15) is 12.5 Å². The topological polar surface area (TPSA) is 65.6 Å². The molecule has 1 heterocycles. The Morgan fingerprint density at radius 3 is 2.24 bits per heavy atom. The van der Waals surface area contributed by atoms with E-state index in [0.29, 0.717) is 23.3 Å². The van der Waals surface area contributed by atoms with E-state index in [4.69, 9.17) is 0 Å². The average Bonchev–Trinajstić information content (AvgIpc) is 3.05. The minimum Gasteiger partial charge on any atom is -0.406 e. The van der Waals surface area contributed by atoms with Crippen LogP contribution < -0.4 is 10.4 Å². The van der Waals surface area contributed by atoms with Crippen LogP contribution in [0.5, 0.6) is 5.75 Å². The van der Waals surface area contributed by atoms with Crippen molar-refractivity contribution in [3.8, 4) is 11.4 Å². The summed E-state index contributed by atoms with van der Waals surface area (Å²) in [6.07, 6.45) is -4.85. The number of para-hydroxylation sites is 1. The highest BCUT2D eigenvalue weighted by Gasteiger charge is 2.31. The summed E-state index contributed by atoms with van der Waals surface area (Å²) in [4.78, 5) is 0. The molecule has 0 radical (unpaired) electrons. The molecule has 0 aliphatic carbocycles. The largest absolute Gasteiger partial charge is 0.573 e. The standard InChI is InChI=1S/C23H19F4N3O3S/c1-2-29-20-13-10-17(24)14-21(20)30(18-6-4-3-5-7-18)22(29)28-34(31,32)15-16-8-11-19(12-9-16)33-23(25,26)27/h3-14H,2,15H2,1H3/b28-22-. The van der Waals surface area contributed by atoms with Crippen molar-refractivity contribution >= 4 is 21.1 Å². The highest BCUT2D eigenvalue weighted by atomic mass is 32.2. The second kappa shape index (κ2) is 8.98. The number of hydrogen-bond donors (Lipinski definition) is 0. The van der Waals surface area contributed by atoms with Crippen molar-refractivity contribution in [2.75, 3.05) is 0 Å². The Hall–Kier alpha value is -3.60. The summed E-state index contributed by atoms with van der Waals surface area (Å²) in [5.41, 5.74) is 1.93. The van der Waals surface area contributed by atoms with E-state index in [1.807, 2.05) is 6.92 Å². The van der Waals surface area contributed by atoms with Gasteiger partial charge in [0, 0.05) is 18.3 Å². The minimum atomic E-state index is -4.85. The SMILES string of the molecule is CCn1/c(=N/S(=O)(=O)Cc2ccc(OC(F)(F)F)cc2)n(-c2ccccc2)c2cc(F)ccc21. The van der Waals surface area contributed by atoms with Crippen molar-refractivity contribution in [1.82, 2.24) is 9.13 Å². The first-order valence-electron chi connectivity index (χ1n) is 10.2. The van der Waals surface area contributed by atoms with Gasteiger partial charge in [0.15, 0.2) is 0 Å². The van der Waals surface area contributed by atoms with Gasteiger partial charge in [-0.25, -0.2) is 12.8 Å². The van der Waals surface area contributed by atoms with Crippen LogP contribution in [-0.4, -0.2) is 23.9 Å². The van der Waals surface area contributed by atoms with E-state index >= 15 is 0 Å². The molecule has 4 aromatic rings. The Balaban J connectivity index is 1.82. The van der Waals surface area contributed by atoms with Crippen LogP contribution in [0.25, 0.3) is 16.7 Å². The smallest absolute Gasteiger partial charge is 0.406 e. The third kappa shape index (κ3) is 5.14. The maximum absolute atomic E-state index is 14.1. The Kier molecular flexibility index (Phi) is 6.22. The molecule has 11 heteroatoms. The van der Waals surface area contributed by atoms with Gasteiger partial charge in [0.25, 0.3) is 10.0 Å². The molecular weight excluding hydrogens is 474 g/mol. The quantitative estimate of drug-likeness (QED) is 0.358. The third-order valence-electron chi connectivity index (χ3n) is 4.97. The van der Waals surface area contributed by atoms with Crippen molar-refractivity contribution in [3.63, 3.8) is 0 Å². The van der Waals surface area contributed by atoms with Crippen LogP contribution in [-0.2, 0) is 22.3 Å². The van der Waals surface area contributed by atoms with Gasteiger partial charge in [0.1, 0.15) is 11.6 Å². The number of nitrogens with zero attached hydrogens (tertiary/aromatic N) is 3. The molecule has 0 aliphatic heterocycles. The fourth-order valence-corrected chi connectivity index (χ4v) is 4.74. The molecule has 6 nitrogen and oxygen atoms in total. The minimum absolute atomic E-state index is 0.0753. The second-order valence-electron chi connectivity index (χ2n) is 7.36. The van der Waals surface area contributed by atoms with Crippen LogP contribution in [0.2, 0.25) is 0 Å². The van der Waals surface area contributed by atoms with Gasteiger partial charge in [-0.05, 0) is 48.9 Å². The fraction of sp³-hybridized carbons (Fsp3) is 0.174. The molecule has 0 atom stereocenters. The predicted molar refractivity (Wildman–Crippen MR) is 118 cm³/mol. The van der Waals surface area contributed by atoms with E-state index in [9.17, 15) is 26.0 Å². The van der Waals surface area contributed by atoms with Crippen LogP contribution in [0.4, 0.5) is 17.6 Å². The molecular formula is C23H19F4N3O3S. The van der Waals surface area contributed by atoms with Gasteiger partial charge in [-0.1, -0.05) is 30.3 Å². The Morgan fingerprint density at radius 1 is 0.941 bits per heavy atom. The summed E-state index contributed by atoms with van der Waals surface area (Å²) in [6.45, 7) is 2.17. The summed E-state index contributed by atoms with van der Waals surface area (Å²) < 4.78 is 88.2. The molecule has 3 aromatic carbocycles. The molecule has 4 rings (SSSR count). The molecule has 0 spiro atoms. The number of imidazole rings is 1. The summed E-state index contributed by atoms with van der Waals surface area (Å²) in [7, 11) is -4.13. The number of halogens is 4. The maximum atomic E-state index is 14.1. The molecule has 0 aliphatic rings. The maximum Gasteiger partial charge on any atom is 0.573 e. The number of benzene rings is 3. The summed E-state index contributed by atoms with van der Waals surface area (Å²) in [6, 6.07) is 17.5. The van der Waals surface area contributed by atoms with Gasteiger partial charge in [-0.3, -0.25) is 4.57 Å². The Labute approximate surface area is 192 Å². The zero-order valence-corrected chi connectivity index (χ0v) is 18.6. The van der Waals surface area contributed by atoms with Crippen molar-refractivity contribution in [3.05, 3.63) is 89.8 Å². The lowest BCUT2D eigenvalue weighted by atomic mass is 10.2. The first-order chi connectivity index (χ1) is 16.1. The highest BCUT2D eigenvalue weighted by molar-refractivity contribution is 7.89. The number of alkyl halides is 3. The van der Waals surface area contributed by atoms with E-state index in [-0.39, 0.29) is 11.2 Å². The number of hydrogen-bond acceptors (Lipinski definition) is 3. The molecule has 0 fully saturated rings. The van der Waals surface area contributed by atoms with Crippen LogP contribution in [0, 0.1) is 5.82 Å². The summed E-state index contributed by atoms with van der Waals surface area (Å²) in [5, 5.41) is 0. The fourth-order valence-electron chi connectivity index (χ4n) is 3.63. The van der Waals surface area contributed by atoms with Crippen LogP contribution in [0.15, 0.2) is 77.2 Å². The molecule has 178 valence electrons. The molecule has 0 saturated carbocycles. The summed E-state index contributed by atoms with van der Waals surface area (Å²) >= 11 is 0. The van der Waals surface area contributed by atoms with Crippen molar-refractivity contribution in [1.29, 1.82) is 0 Å². The molecule has 0 bridgehead atoms. The number of sulfonamides is 1. The molecule has 0 N–H and O–H groups in total. The van der Waals surface area contributed by atoms with Crippen molar-refractivity contribution in [2.45, 2.75) is 25.6 Å². The number of aryl methyl sites for hydroxylation is 1. The third-order valence-corrected chi connectivity index (χ3v) is 6.11. The Bertz CT molecular complexity index is 1490. The second-order valence-corrected chi connectivity index (χ2v) is 8.99. The molecule has 0 unspecified atom stereocenters. The number of aromatic nitrogens is 2. The van der Waals surface area contributed by atoms with E-state index in [2.05, 4.69) is 9.13 Å². The molecule has 34 heavy (non-hydrogen) atoms. The van der Waals surface area contributed by atoms with Gasteiger partial charge in [-0.15, -0.1) is 17.6 Å². The van der Waals surface area contributed by atoms with E-state index < -0.39 is 33.7 Å². The number of rotatable bonds is 6.